The average molecular weight is 314 g/mol. The van der Waals surface area contributed by atoms with Crippen LogP contribution >= 0.6 is 11.3 Å². The van der Waals surface area contributed by atoms with Crippen LogP contribution in [0.4, 0.5) is 0 Å². The number of fused-ring (bicyclic) bond motifs is 3. The maximum atomic E-state index is 4.79. The number of benzene rings is 1. The van der Waals surface area contributed by atoms with E-state index in [-0.39, 0.29) is 0 Å². The molecular weight excluding hydrogens is 290 g/mol. The molecule has 0 spiro atoms. The Balaban J connectivity index is 1.73. The van der Waals surface area contributed by atoms with Crippen LogP contribution in [0.25, 0.3) is 21.3 Å². The van der Waals surface area contributed by atoms with E-state index in [9.17, 15) is 0 Å². The van der Waals surface area contributed by atoms with Crippen molar-refractivity contribution in [3.05, 3.63) is 28.8 Å². The third-order valence-electron chi connectivity index (χ3n) is 4.91. The summed E-state index contributed by atoms with van der Waals surface area (Å²) in [6.07, 6.45) is 4.22. The van der Waals surface area contributed by atoms with Crippen LogP contribution in [0.2, 0.25) is 0 Å². The Morgan fingerprint density at radius 3 is 2.82 bits per heavy atom. The molecule has 4 rings (SSSR count). The molecule has 1 N–H and O–H groups in total. The van der Waals surface area contributed by atoms with Crippen LogP contribution in [-0.4, -0.2) is 29.2 Å². The van der Waals surface area contributed by atoms with Gasteiger partial charge < -0.3 is 9.47 Å². The number of piperidine rings is 1. The van der Waals surface area contributed by atoms with Crippen LogP contribution in [0.3, 0.4) is 0 Å². The van der Waals surface area contributed by atoms with Gasteiger partial charge in [0.2, 0.25) is 0 Å². The van der Waals surface area contributed by atoms with Crippen molar-refractivity contribution in [2.75, 3.05) is 19.6 Å². The zero-order valence-corrected chi connectivity index (χ0v) is 14.3. The number of likely N-dealkylation sites (tertiary alicyclic amines) is 1. The molecular formula is C18H24N3S+. The highest BCUT2D eigenvalue weighted by Crippen LogP contribution is 2.32. The number of aromatic nitrogens is 2. The maximum Gasteiger partial charge on any atom is 0.124 e. The minimum atomic E-state index is 1.11. The van der Waals surface area contributed by atoms with Crippen molar-refractivity contribution in [1.82, 2.24) is 9.55 Å². The molecule has 1 aliphatic rings. The first-order chi connectivity index (χ1) is 10.7. The van der Waals surface area contributed by atoms with E-state index in [0.29, 0.717) is 0 Å². The fourth-order valence-electron chi connectivity index (χ4n) is 3.75. The maximum absolute atomic E-state index is 4.79. The third kappa shape index (κ3) is 2.44. The summed E-state index contributed by atoms with van der Waals surface area (Å²) in [6.45, 7) is 9.34. The van der Waals surface area contributed by atoms with E-state index in [0.717, 1.165) is 6.54 Å². The van der Waals surface area contributed by atoms with Gasteiger partial charge in [0.25, 0.3) is 0 Å². The van der Waals surface area contributed by atoms with Gasteiger partial charge >= 0.3 is 0 Å². The molecule has 1 aromatic carbocycles. The second-order valence-corrected chi connectivity index (χ2v) is 7.80. The van der Waals surface area contributed by atoms with E-state index in [1.54, 1.807) is 4.90 Å². The minimum Gasteiger partial charge on any atom is -0.333 e. The zero-order chi connectivity index (χ0) is 15.1. The second kappa shape index (κ2) is 5.67. The van der Waals surface area contributed by atoms with E-state index in [2.05, 4.69) is 36.6 Å². The van der Waals surface area contributed by atoms with Crippen LogP contribution in [0.15, 0.2) is 18.2 Å². The number of aryl methyl sites for hydroxylation is 2. The summed E-state index contributed by atoms with van der Waals surface area (Å²) >= 11 is 1.84. The van der Waals surface area contributed by atoms with E-state index in [1.807, 2.05) is 11.3 Å². The van der Waals surface area contributed by atoms with E-state index in [1.165, 1.54) is 70.7 Å². The molecule has 0 bridgehead atoms. The fourth-order valence-corrected chi connectivity index (χ4v) is 4.72. The summed E-state index contributed by atoms with van der Waals surface area (Å²) in [5, 5.41) is 2.50. The second-order valence-electron chi connectivity index (χ2n) is 6.62. The van der Waals surface area contributed by atoms with Crippen LogP contribution in [0.5, 0.6) is 0 Å². The lowest BCUT2D eigenvalue weighted by molar-refractivity contribution is -0.905. The largest absolute Gasteiger partial charge is 0.333 e. The lowest BCUT2D eigenvalue weighted by Crippen LogP contribution is -3.13. The smallest absolute Gasteiger partial charge is 0.124 e. The van der Waals surface area contributed by atoms with Gasteiger partial charge in [-0.2, -0.15) is 0 Å². The van der Waals surface area contributed by atoms with Crippen molar-refractivity contribution < 1.29 is 4.90 Å². The summed E-state index contributed by atoms with van der Waals surface area (Å²) < 4.78 is 2.51. The minimum absolute atomic E-state index is 1.11. The van der Waals surface area contributed by atoms with E-state index < -0.39 is 0 Å². The molecule has 4 heteroatoms. The molecule has 0 amide bonds. The lowest BCUT2D eigenvalue weighted by Gasteiger charge is -2.23. The average Bonchev–Trinajstić information content (AvgIpc) is 3.02. The number of nitrogens with one attached hydrogen (secondary N) is 1. The molecule has 0 radical (unpaired) electrons. The van der Waals surface area contributed by atoms with Crippen molar-refractivity contribution in [3.63, 3.8) is 0 Å². The number of quaternary nitrogens is 1. The fraction of sp³-hybridized carbons (Fsp3) is 0.500. The highest BCUT2D eigenvalue weighted by molar-refractivity contribution is 7.18. The molecule has 2 aromatic heterocycles. The number of hydrogen-bond donors (Lipinski definition) is 1. The molecule has 22 heavy (non-hydrogen) atoms. The summed E-state index contributed by atoms with van der Waals surface area (Å²) in [4.78, 5) is 7.92. The number of thiazole rings is 1. The first kappa shape index (κ1) is 14.2. The molecule has 116 valence electrons. The van der Waals surface area contributed by atoms with Crippen LogP contribution in [0.1, 0.15) is 29.8 Å². The van der Waals surface area contributed by atoms with Gasteiger partial charge in [0.05, 0.1) is 36.7 Å². The Kier molecular flexibility index (Phi) is 3.66. The molecule has 0 atom stereocenters. The summed E-state index contributed by atoms with van der Waals surface area (Å²) in [6, 6.07) is 6.80. The van der Waals surface area contributed by atoms with Crippen molar-refractivity contribution >= 4 is 32.6 Å². The van der Waals surface area contributed by atoms with Crippen LogP contribution < -0.4 is 4.90 Å². The summed E-state index contributed by atoms with van der Waals surface area (Å²) in [5.74, 6) is 0. The highest BCUT2D eigenvalue weighted by atomic mass is 32.1. The molecule has 1 aliphatic heterocycles. The third-order valence-corrected chi connectivity index (χ3v) is 5.90. The number of rotatable bonds is 3. The standard InChI is InChI=1S/C18H23N3S/c1-13-6-7-16-15(12-13)17-18(22-14(2)19-17)21(16)11-10-20-8-4-3-5-9-20/h6-7,12H,3-5,8-11H2,1-2H3/p+1. The molecule has 1 saturated heterocycles. The van der Waals surface area contributed by atoms with Gasteiger partial charge in [0.15, 0.2) is 0 Å². The topological polar surface area (TPSA) is 22.3 Å². The molecule has 0 unspecified atom stereocenters. The Morgan fingerprint density at radius 2 is 2.00 bits per heavy atom. The Hall–Kier alpha value is -1.39. The van der Waals surface area contributed by atoms with E-state index in [4.69, 9.17) is 4.98 Å². The SMILES string of the molecule is Cc1ccc2c(c1)c1nc(C)sc1n2CC[NH+]1CCCCC1. The van der Waals surface area contributed by atoms with Gasteiger partial charge in [-0.25, -0.2) is 4.98 Å². The Bertz CT molecular complexity index is 809. The molecule has 3 nitrogen and oxygen atoms in total. The number of nitrogens with zero attached hydrogens (tertiary/aromatic N) is 2. The quantitative estimate of drug-likeness (QED) is 0.789. The molecule has 3 heterocycles. The van der Waals surface area contributed by atoms with Crippen LogP contribution in [-0.2, 0) is 6.54 Å². The van der Waals surface area contributed by atoms with Crippen LogP contribution in [0, 0.1) is 13.8 Å². The normalized spacial score (nSPS) is 16.8. The van der Waals surface area contributed by atoms with Crippen molar-refractivity contribution in [2.24, 2.45) is 0 Å². The monoisotopic (exact) mass is 314 g/mol. The van der Waals surface area contributed by atoms with Crippen molar-refractivity contribution in [1.29, 1.82) is 0 Å². The molecule has 0 saturated carbocycles. The first-order valence-electron chi connectivity index (χ1n) is 8.42. The number of hydrogen-bond acceptors (Lipinski definition) is 2. The van der Waals surface area contributed by atoms with Gasteiger partial charge in [-0.05, 0) is 45.2 Å². The Labute approximate surface area is 135 Å². The molecule has 0 aliphatic carbocycles. The summed E-state index contributed by atoms with van der Waals surface area (Å²) in [5.41, 5.74) is 3.88. The lowest BCUT2D eigenvalue weighted by atomic mass is 10.1. The Morgan fingerprint density at radius 1 is 1.18 bits per heavy atom. The summed E-state index contributed by atoms with van der Waals surface area (Å²) in [7, 11) is 0. The first-order valence-corrected chi connectivity index (χ1v) is 9.23. The van der Waals surface area contributed by atoms with Gasteiger partial charge in [0.1, 0.15) is 10.3 Å². The predicted octanol–water partition coefficient (Wildman–Crippen LogP) is 2.94. The molecule has 3 aromatic rings. The predicted molar refractivity (Wildman–Crippen MR) is 94.0 cm³/mol. The zero-order valence-electron chi connectivity index (χ0n) is 13.5. The van der Waals surface area contributed by atoms with Crippen molar-refractivity contribution in [3.8, 4) is 0 Å². The highest BCUT2D eigenvalue weighted by Gasteiger charge is 2.18. The van der Waals surface area contributed by atoms with Gasteiger partial charge in [-0.1, -0.05) is 11.6 Å². The van der Waals surface area contributed by atoms with Gasteiger partial charge in [-0.3, -0.25) is 0 Å². The molecule has 1 fully saturated rings. The van der Waals surface area contributed by atoms with Gasteiger partial charge in [0, 0.05) is 5.39 Å². The van der Waals surface area contributed by atoms with Gasteiger partial charge in [-0.15, -0.1) is 11.3 Å². The van der Waals surface area contributed by atoms with E-state index >= 15 is 0 Å². The van der Waals surface area contributed by atoms with Crippen molar-refractivity contribution in [2.45, 2.75) is 39.7 Å².